The minimum Gasteiger partial charge on any atom is -0.353 e. The van der Waals surface area contributed by atoms with E-state index in [1.165, 1.54) is 19.9 Å². The van der Waals surface area contributed by atoms with Crippen LogP contribution >= 0.6 is 27.3 Å². The van der Waals surface area contributed by atoms with Gasteiger partial charge < -0.3 is 9.80 Å². The Hall–Kier alpha value is -2.03. The predicted octanol–water partition coefficient (Wildman–Crippen LogP) is 3.58. The van der Waals surface area contributed by atoms with Crippen LogP contribution in [0.4, 0.5) is 11.8 Å². The quantitative estimate of drug-likeness (QED) is 0.580. The first-order valence-corrected chi connectivity index (χ1v) is 11.6. The fourth-order valence-electron chi connectivity index (χ4n) is 3.98. The van der Waals surface area contributed by atoms with Crippen molar-refractivity contribution in [1.82, 2.24) is 19.9 Å². The van der Waals surface area contributed by atoms with Crippen molar-refractivity contribution in [2.24, 2.45) is 0 Å². The second kappa shape index (κ2) is 8.38. The first-order chi connectivity index (χ1) is 14.2. The van der Waals surface area contributed by atoms with Gasteiger partial charge in [0.05, 0.1) is 9.48 Å². The molecular formula is C21H23BrN6S. The maximum atomic E-state index is 4.93. The molecule has 0 saturated carbocycles. The summed E-state index contributed by atoms with van der Waals surface area (Å²) in [6, 6.07) is 10.4. The van der Waals surface area contributed by atoms with Crippen LogP contribution in [0, 0.1) is 0 Å². The molecule has 29 heavy (non-hydrogen) atoms. The van der Waals surface area contributed by atoms with E-state index in [2.05, 4.69) is 53.8 Å². The van der Waals surface area contributed by atoms with Gasteiger partial charge in [-0.2, -0.15) is 0 Å². The number of hydrogen-bond donors (Lipinski definition) is 0. The van der Waals surface area contributed by atoms with Gasteiger partial charge in [0.25, 0.3) is 0 Å². The Kier molecular flexibility index (Phi) is 5.48. The first-order valence-electron chi connectivity index (χ1n) is 9.97. The van der Waals surface area contributed by atoms with Crippen molar-refractivity contribution in [3.63, 3.8) is 0 Å². The molecule has 0 aromatic carbocycles. The predicted molar refractivity (Wildman–Crippen MR) is 121 cm³/mol. The molecule has 150 valence electrons. The molecule has 2 aliphatic rings. The first kappa shape index (κ1) is 19.0. The van der Waals surface area contributed by atoms with Gasteiger partial charge in [-0.3, -0.25) is 4.90 Å². The molecule has 0 aliphatic carbocycles. The zero-order chi connectivity index (χ0) is 19.6. The number of piperazine rings is 1. The van der Waals surface area contributed by atoms with E-state index in [0.29, 0.717) is 0 Å². The number of aromatic nitrogens is 3. The zero-order valence-corrected chi connectivity index (χ0v) is 18.6. The minimum absolute atomic E-state index is 0.875. The van der Waals surface area contributed by atoms with E-state index >= 15 is 0 Å². The van der Waals surface area contributed by atoms with Crippen molar-refractivity contribution in [2.75, 3.05) is 42.5 Å². The molecule has 6 nitrogen and oxygen atoms in total. The van der Waals surface area contributed by atoms with Gasteiger partial charge >= 0.3 is 0 Å². The lowest BCUT2D eigenvalue weighted by atomic mass is 10.1. The molecule has 5 rings (SSSR count). The molecule has 0 spiro atoms. The SMILES string of the molecule is Brc1ccc(CN2CCc3nc(N4CCN(c5ccccn5)CC4)ncc3C2)s1. The van der Waals surface area contributed by atoms with Crippen LogP contribution in [0.3, 0.4) is 0 Å². The fourth-order valence-corrected chi connectivity index (χ4v) is 5.51. The molecule has 1 saturated heterocycles. The number of fused-ring (bicyclic) bond motifs is 1. The van der Waals surface area contributed by atoms with Gasteiger partial charge in [-0.15, -0.1) is 11.3 Å². The van der Waals surface area contributed by atoms with E-state index in [9.17, 15) is 0 Å². The van der Waals surface area contributed by atoms with Crippen molar-refractivity contribution >= 4 is 39.0 Å². The number of halogens is 1. The number of pyridine rings is 1. The van der Waals surface area contributed by atoms with Gasteiger partial charge in [-0.1, -0.05) is 6.07 Å². The number of anilines is 2. The third kappa shape index (κ3) is 4.29. The molecule has 3 aromatic heterocycles. The molecule has 1 fully saturated rings. The summed E-state index contributed by atoms with van der Waals surface area (Å²) in [4.78, 5) is 22.6. The maximum absolute atomic E-state index is 4.93. The molecule has 2 aliphatic heterocycles. The van der Waals surface area contributed by atoms with Gasteiger partial charge in [0.2, 0.25) is 5.95 Å². The number of hydrogen-bond acceptors (Lipinski definition) is 7. The highest BCUT2D eigenvalue weighted by molar-refractivity contribution is 9.11. The largest absolute Gasteiger partial charge is 0.353 e. The molecule has 0 amide bonds. The Bertz CT molecular complexity index is 970. The van der Waals surface area contributed by atoms with Crippen LogP contribution in [0.2, 0.25) is 0 Å². The van der Waals surface area contributed by atoms with E-state index in [1.54, 1.807) is 0 Å². The van der Waals surface area contributed by atoms with Crippen molar-refractivity contribution in [3.05, 3.63) is 62.6 Å². The lowest BCUT2D eigenvalue weighted by molar-refractivity contribution is 0.245. The fraction of sp³-hybridized carbons (Fsp3) is 0.381. The Labute approximate surface area is 183 Å². The minimum atomic E-state index is 0.875. The van der Waals surface area contributed by atoms with Crippen molar-refractivity contribution in [1.29, 1.82) is 0 Å². The maximum Gasteiger partial charge on any atom is 0.225 e. The third-order valence-electron chi connectivity index (χ3n) is 5.54. The van der Waals surface area contributed by atoms with Gasteiger partial charge in [0.1, 0.15) is 5.82 Å². The standard InChI is InChI=1S/C21H23BrN6S/c22-19-5-4-17(29-19)15-26-8-6-18-16(14-26)13-24-21(25-18)28-11-9-27(10-12-28)20-3-1-2-7-23-20/h1-5,7,13H,6,8-12,14-15H2. The Morgan fingerprint density at radius 1 is 0.966 bits per heavy atom. The topological polar surface area (TPSA) is 48.4 Å². The lowest BCUT2D eigenvalue weighted by Crippen LogP contribution is -2.47. The number of thiophene rings is 1. The summed E-state index contributed by atoms with van der Waals surface area (Å²) < 4.78 is 1.20. The van der Waals surface area contributed by atoms with Crippen LogP contribution in [0.1, 0.15) is 16.1 Å². The van der Waals surface area contributed by atoms with Crippen LogP contribution < -0.4 is 9.80 Å². The highest BCUT2D eigenvalue weighted by atomic mass is 79.9. The molecule has 8 heteroatoms. The molecule has 0 radical (unpaired) electrons. The van der Waals surface area contributed by atoms with E-state index < -0.39 is 0 Å². The monoisotopic (exact) mass is 470 g/mol. The van der Waals surface area contributed by atoms with Gasteiger partial charge in [0.15, 0.2) is 0 Å². The average Bonchev–Trinajstić information content (AvgIpc) is 3.18. The summed E-state index contributed by atoms with van der Waals surface area (Å²) in [6.45, 7) is 6.71. The average molecular weight is 471 g/mol. The molecule has 0 atom stereocenters. The van der Waals surface area contributed by atoms with Gasteiger partial charge in [-0.25, -0.2) is 15.0 Å². The number of rotatable bonds is 4. The summed E-state index contributed by atoms with van der Waals surface area (Å²) in [7, 11) is 0. The van der Waals surface area contributed by atoms with E-state index in [4.69, 9.17) is 9.97 Å². The Morgan fingerprint density at radius 3 is 2.59 bits per heavy atom. The summed E-state index contributed by atoms with van der Waals surface area (Å²) in [6.07, 6.45) is 4.89. The second-order valence-electron chi connectivity index (χ2n) is 7.47. The van der Waals surface area contributed by atoms with E-state index in [-0.39, 0.29) is 0 Å². The summed E-state index contributed by atoms with van der Waals surface area (Å²) in [5, 5.41) is 0. The Morgan fingerprint density at radius 2 is 1.83 bits per heavy atom. The summed E-state index contributed by atoms with van der Waals surface area (Å²) in [5.74, 6) is 1.93. The van der Waals surface area contributed by atoms with Crippen LogP contribution in [0.25, 0.3) is 0 Å². The number of nitrogens with zero attached hydrogens (tertiary/aromatic N) is 6. The molecule has 0 N–H and O–H groups in total. The molecule has 5 heterocycles. The van der Waals surface area contributed by atoms with Crippen molar-refractivity contribution in [3.8, 4) is 0 Å². The van der Waals surface area contributed by atoms with Crippen molar-refractivity contribution < 1.29 is 0 Å². The summed E-state index contributed by atoms with van der Waals surface area (Å²) >= 11 is 5.37. The molecule has 3 aromatic rings. The van der Waals surface area contributed by atoms with Crippen LogP contribution in [-0.2, 0) is 19.5 Å². The normalized spacial score (nSPS) is 17.4. The zero-order valence-electron chi connectivity index (χ0n) is 16.2. The van der Waals surface area contributed by atoms with E-state index in [1.807, 2.05) is 35.9 Å². The molecule has 0 bridgehead atoms. The highest BCUT2D eigenvalue weighted by Crippen LogP contribution is 2.26. The van der Waals surface area contributed by atoms with E-state index in [0.717, 1.165) is 64.0 Å². The second-order valence-corrected chi connectivity index (χ2v) is 10.0. The van der Waals surface area contributed by atoms with Gasteiger partial charge in [-0.05, 0) is 40.2 Å². The molecular weight excluding hydrogens is 448 g/mol. The smallest absolute Gasteiger partial charge is 0.225 e. The highest BCUT2D eigenvalue weighted by Gasteiger charge is 2.23. The van der Waals surface area contributed by atoms with Crippen molar-refractivity contribution in [2.45, 2.75) is 19.5 Å². The van der Waals surface area contributed by atoms with Crippen LogP contribution in [-0.4, -0.2) is 52.6 Å². The molecule has 0 unspecified atom stereocenters. The third-order valence-corrected chi connectivity index (χ3v) is 7.15. The Balaban J connectivity index is 1.22. The van der Waals surface area contributed by atoms with Gasteiger partial charge in [0, 0.05) is 75.1 Å². The van der Waals surface area contributed by atoms with Crippen LogP contribution in [0.5, 0.6) is 0 Å². The summed E-state index contributed by atoms with van der Waals surface area (Å²) in [5.41, 5.74) is 2.48. The lowest BCUT2D eigenvalue weighted by Gasteiger charge is -2.36. The van der Waals surface area contributed by atoms with Crippen LogP contribution in [0.15, 0.2) is 46.5 Å².